The van der Waals surface area contributed by atoms with E-state index in [1.807, 2.05) is 0 Å². The molecule has 0 aliphatic carbocycles. The first-order valence-corrected chi connectivity index (χ1v) is 4.86. The lowest BCUT2D eigenvalue weighted by Crippen LogP contribution is -2.02. The van der Waals surface area contributed by atoms with Crippen LogP contribution in [0, 0.1) is 0 Å². The Hall–Kier alpha value is -2.30. The fourth-order valence-corrected chi connectivity index (χ4v) is 1.57. The normalized spacial score (nSPS) is 14.9. The highest BCUT2D eigenvalue weighted by molar-refractivity contribution is 6.30. The summed E-state index contributed by atoms with van der Waals surface area (Å²) >= 11 is 0. The van der Waals surface area contributed by atoms with Crippen molar-refractivity contribution in [2.24, 2.45) is 0 Å². The summed E-state index contributed by atoms with van der Waals surface area (Å²) < 4.78 is 14.4. The molecule has 0 N–H and O–H groups in total. The number of hydrogen-bond donors (Lipinski definition) is 0. The van der Waals surface area contributed by atoms with E-state index in [0.29, 0.717) is 11.3 Å². The second-order valence-corrected chi connectivity index (χ2v) is 3.31. The lowest BCUT2D eigenvalue weighted by Gasteiger charge is -2.03. The molecule has 5 nitrogen and oxygen atoms in total. The Bertz CT molecular complexity index is 498. The number of hydrogen-bond acceptors (Lipinski definition) is 5. The van der Waals surface area contributed by atoms with Crippen molar-refractivity contribution >= 4 is 17.5 Å². The summed E-state index contributed by atoms with van der Waals surface area (Å²) in [5.74, 6) is -0.869. The molecule has 1 aromatic rings. The monoisotopic (exact) mass is 234 g/mol. The van der Waals surface area contributed by atoms with Crippen LogP contribution in [0.3, 0.4) is 0 Å². The van der Waals surface area contributed by atoms with Gasteiger partial charge < -0.3 is 14.2 Å². The first-order valence-electron chi connectivity index (χ1n) is 4.86. The van der Waals surface area contributed by atoms with Crippen molar-refractivity contribution in [3.05, 3.63) is 35.6 Å². The first kappa shape index (κ1) is 11.2. The van der Waals surface area contributed by atoms with Crippen molar-refractivity contribution in [1.82, 2.24) is 0 Å². The molecule has 1 aromatic carbocycles. The molecule has 0 bridgehead atoms. The van der Waals surface area contributed by atoms with Crippen LogP contribution in [0.4, 0.5) is 0 Å². The number of benzene rings is 1. The Balaban J connectivity index is 2.46. The maximum atomic E-state index is 11.5. The van der Waals surface area contributed by atoms with Crippen LogP contribution >= 0.6 is 0 Å². The smallest absolute Gasteiger partial charge is 0.382 e. The minimum Gasteiger partial charge on any atom is -0.497 e. The summed E-state index contributed by atoms with van der Waals surface area (Å²) in [6, 6.07) is 6.69. The molecular formula is C12H10O5. The third-order valence-electron chi connectivity index (χ3n) is 2.38. The first-order chi connectivity index (χ1) is 8.17. The van der Waals surface area contributed by atoms with E-state index in [9.17, 15) is 9.59 Å². The number of ether oxygens (including phenoxy) is 3. The van der Waals surface area contributed by atoms with Gasteiger partial charge in [0.25, 0.3) is 0 Å². The number of cyclic esters (lactones) is 2. The van der Waals surface area contributed by atoms with E-state index in [-0.39, 0.29) is 11.3 Å². The minimum absolute atomic E-state index is 0.0693. The van der Waals surface area contributed by atoms with Crippen molar-refractivity contribution in [3.8, 4) is 5.75 Å². The lowest BCUT2D eigenvalue weighted by atomic mass is 10.1. The number of rotatable bonds is 3. The summed E-state index contributed by atoms with van der Waals surface area (Å²) in [5, 5.41) is 0. The minimum atomic E-state index is -0.761. The van der Waals surface area contributed by atoms with E-state index in [1.165, 1.54) is 7.11 Å². The molecule has 5 heteroatoms. The van der Waals surface area contributed by atoms with Gasteiger partial charge in [-0.1, -0.05) is 12.1 Å². The van der Waals surface area contributed by atoms with E-state index in [0.717, 1.165) is 0 Å². The van der Waals surface area contributed by atoms with Crippen LogP contribution in [-0.2, 0) is 19.1 Å². The Morgan fingerprint density at radius 1 is 0.941 bits per heavy atom. The fraction of sp³-hybridized carbons (Fsp3) is 0.167. The average molecular weight is 234 g/mol. The van der Waals surface area contributed by atoms with Gasteiger partial charge in [-0.3, -0.25) is 0 Å². The highest BCUT2D eigenvalue weighted by atomic mass is 16.6. The molecule has 2 rings (SSSR count). The molecule has 0 unspecified atom stereocenters. The van der Waals surface area contributed by atoms with Gasteiger partial charge in [0.15, 0.2) is 0 Å². The maximum Gasteiger partial charge on any atom is 0.382 e. The van der Waals surface area contributed by atoms with Crippen LogP contribution in [0.5, 0.6) is 5.75 Å². The molecular weight excluding hydrogens is 224 g/mol. The lowest BCUT2D eigenvalue weighted by molar-refractivity contribution is -0.151. The molecule has 88 valence electrons. The summed E-state index contributed by atoms with van der Waals surface area (Å²) in [6.07, 6.45) is 0. The molecule has 1 aliphatic rings. The molecule has 1 aliphatic heterocycles. The molecule has 0 radical (unpaired) electrons. The zero-order valence-electron chi connectivity index (χ0n) is 9.35. The third kappa shape index (κ3) is 1.87. The van der Waals surface area contributed by atoms with Gasteiger partial charge in [0.1, 0.15) is 11.3 Å². The second kappa shape index (κ2) is 4.29. The standard InChI is InChI=1S/C12H10O5/c1-15-8-5-3-7(4-6-8)9-10(16-2)12(14)17-11(9)13/h3-6H,1-2H3. The summed E-state index contributed by atoms with van der Waals surface area (Å²) in [4.78, 5) is 22.8. The van der Waals surface area contributed by atoms with Gasteiger partial charge >= 0.3 is 11.9 Å². The van der Waals surface area contributed by atoms with Crippen LogP contribution in [0.25, 0.3) is 5.57 Å². The molecule has 0 amide bonds. The van der Waals surface area contributed by atoms with Crippen molar-refractivity contribution in [2.75, 3.05) is 14.2 Å². The molecule has 17 heavy (non-hydrogen) atoms. The zero-order valence-corrected chi connectivity index (χ0v) is 9.35. The molecule has 0 fully saturated rings. The average Bonchev–Trinajstić information content (AvgIpc) is 2.63. The van der Waals surface area contributed by atoms with Crippen LogP contribution in [0.15, 0.2) is 30.0 Å². The highest BCUT2D eigenvalue weighted by Crippen LogP contribution is 2.28. The molecule has 0 aromatic heterocycles. The molecule has 0 saturated carbocycles. The van der Waals surface area contributed by atoms with E-state index in [2.05, 4.69) is 4.74 Å². The number of esters is 2. The fourth-order valence-electron chi connectivity index (χ4n) is 1.57. The van der Waals surface area contributed by atoms with Crippen molar-refractivity contribution in [1.29, 1.82) is 0 Å². The van der Waals surface area contributed by atoms with Crippen molar-refractivity contribution < 1.29 is 23.8 Å². The zero-order chi connectivity index (χ0) is 12.4. The Labute approximate surface area is 97.6 Å². The SMILES string of the molecule is COC1=C(c2ccc(OC)cc2)C(=O)OC1=O. The predicted octanol–water partition coefficient (Wildman–Crippen LogP) is 1.14. The Morgan fingerprint density at radius 2 is 1.59 bits per heavy atom. The predicted molar refractivity (Wildman–Crippen MR) is 58.0 cm³/mol. The quantitative estimate of drug-likeness (QED) is 0.579. The summed E-state index contributed by atoms with van der Waals surface area (Å²) in [7, 11) is 2.86. The number of carbonyl (C=O) groups is 2. The maximum absolute atomic E-state index is 11.5. The molecule has 0 atom stereocenters. The summed E-state index contributed by atoms with van der Waals surface area (Å²) in [6.45, 7) is 0. The second-order valence-electron chi connectivity index (χ2n) is 3.31. The Kier molecular flexibility index (Phi) is 2.82. The molecule has 1 heterocycles. The van der Waals surface area contributed by atoms with Crippen molar-refractivity contribution in [3.63, 3.8) is 0 Å². The van der Waals surface area contributed by atoms with Gasteiger partial charge in [-0.2, -0.15) is 0 Å². The van der Waals surface area contributed by atoms with E-state index < -0.39 is 11.9 Å². The highest BCUT2D eigenvalue weighted by Gasteiger charge is 2.35. The van der Waals surface area contributed by atoms with E-state index in [4.69, 9.17) is 9.47 Å². The third-order valence-corrected chi connectivity index (χ3v) is 2.38. The van der Waals surface area contributed by atoms with E-state index in [1.54, 1.807) is 31.4 Å². The van der Waals surface area contributed by atoms with Gasteiger partial charge in [0, 0.05) is 0 Å². The number of methoxy groups -OCH3 is 2. The molecule has 0 spiro atoms. The van der Waals surface area contributed by atoms with Crippen molar-refractivity contribution in [2.45, 2.75) is 0 Å². The van der Waals surface area contributed by atoms with Gasteiger partial charge in [-0.15, -0.1) is 0 Å². The van der Waals surface area contributed by atoms with Gasteiger partial charge in [-0.25, -0.2) is 9.59 Å². The summed E-state index contributed by atoms with van der Waals surface area (Å²) in [5.41, 5.74) is 0.693. The van der Waals surface area contributed by atoms with Crippen LogP contribution in [0.2, 0.25) is 0 Å². The van der Waals surface area contributed by atoms with E-state index >= 15 is 0 Å². The topological polar surface area (TPSA) is 61.8 Å². The van der Waals surface area contributed by atoms with Gasteiger partial charge in [-0.05, 0) is 17.7 Å². The van der Waals surface area contributed by atoms with Crippen LogP contribution in [0.1, 0.15) is 5.56 Å². The largest absolute Gasteiger partial charge is 0.497 e. The van der Waals surface area contributed by atoms with Gasteiger partial charge in [0.05, 0.1) is 14.2 Å². The van der Waals surface area contributed by atoms with Crippen LogP contribution < -0.4 is 4.74 Å². The number of carbonyl (C=O) groups excluding carboxylic acids is 2. The Morgan fingerprint density at radius 3 is 2.12 bits per heavy atom. The molecule has 0 saturated heterocycles. The van der Waals surface area contributed by atoms with Gasteiger partial charge in [0.2, 0.25) is 5.76 Å². The van der Waals surface area contributed by atoms with Crippen LogP contribution in [-0.4, -0.2) is 26.2 Å².